The number of amides is 1. The number of halogens is 1. The van der Waals surface area contributed by atoms with Crippen LogP contribution in [0.1, 0.15) is 13.3 Å². The third kappa shape index (κ3) is 7.97. The number of carbonyl (C=O) groups excluding carboxylic acids is 1. The molecule has 0 aliphatic carbocycles. The van der Waals surface area contributed by atoms with E-state index in [0.29, 0.717) is 17.2 Å². The van der Waals surface area contributed by atoms with Crippen molar-refractivity contribution in [1.82, 2.24) is 10.0 Å². The second kappa shape index (κ2) is 8.79. The Bertz CT molecular complexity index is 385. The van der Waals surface area contributed by atoms with Crippen LogP contribution < -0.4 is 10.0 Å². The van der Waals surface area contributed by atoms with Crippen LogP contribution in [-0.4, -0.2) is 44.7 Å². The smallest absolute Gasteiger partial charge is 0.238 e. The minimum atomic E-state index is -3.41. The Balaban J connectivity index is 4.56. The van der Waals surface area contributed by atoms with Crippen molar-refractivity contribution in [2.75, 3.05) is 24.3 Å². The zero-order valence-corrected chi connectivity index (χ0v) is 12.9. The normalized spacial score (nSPS) is 13.1. The number of hydrogen-bond acceptors (Lipinski definition) is 4. The quantitative estimate of drug-likeness (QED) is 0.663. The minimum absolute atomic E-state index is 0.0573. The molecule has 106 valence electrons. The van der Waals surface area contributed by atoms with E-state index in [-0.39, 0.29) is 18.2 Å². The van der Waals surface area contributed by atoms with Crippen LogP contribution in [0.3, 0.4) is 0 Å². The predicted molar refractivity (Wildman–Crippen MR) is 77.4 cm³/mol. The molecule has 1 atom stereocenters. The standard InChI is InChI=1S/C10H19ClN2O3S2/c1-4-18(15,16)13-9(5-6-17-3)10(14)12-7-8(2)11/h9,13H,2,4-7H2,1,3H3,(H,12,14). The van der Waals surface area contributed by atoms with Gasteiger partial charge in [-0.15, -0.1) is 0 Å². The molecule has 2 N–H and O–H groups in total. The molecular weight excluding hydrogens is 296 g/mol. The number of thioether (sulfide) groups is 1. The summed E-state index contributed by atoms with van der Waals surface area (Å²) in [6.07, 6.45) is 2.32. The van der Waals surface area contributed by atoms with Crippen LogP contribution in [0.15, 0.2) is 11.6 Å². The monoisotopic (exact) mass is 314 g/mol. The molecule has 0 aliphatic rings. The third-order valence-corrected chi connectivity index (χ3v) is 4.26. The highest BCUT2D eigenvalue weighted by Gasteiger charge is 2.22. The molecule has 8 heteroatoms. The molecule has 1 unspecified atom stereocenters. The molecule has 0 saturated carbocycles. The lowest BCUT2D eigenvalue weighted by Crippen LogP contribution is -2.47. The SMILES string of the molecule is C=C(Cl)CNC(=O)C(CCSC)NS(=O)(=O)CC. The average molecular weight is 315 g/mol. The fraction of sp³-hybridized carbons (Fsp3) is 0.700. The predicted octanol–water partition coefficient (Wildman–Crippen LogP) is 0.916. The first-order valence-corrected chi connectivity index (χ1v) is 8.84. The number of rotatable bonds is 9. The van der Waals surface area contributed by atoms with Gasteiger partial charge in [0.25, 0.3) is 0 Å². The van der Waals surface area contributed by atoms with Crippen molar-refractivity contribution in [3.8, 4) is 0 Å². The van der Waals surface area contributed by atoms with Crippen molar-refractivity contribution >= 4 is 39.3 Å². The van der Waals surface area contributed by atoms with Crippen LogP contribution in [0.5, 0.6) is 0 Å². The molecule has 0 aliphatic heterocycles. The molecule has 1 amide bonds. The van der Waals surface area contributed by atoms with Gasteiger partial charge in [0.2, 0.25) is 15.9 Å². The van der Waals surface area contributed by atoms with Crippen LogP contribution in [0.25, 0.3) is 0 Å². The Labute approximate surface area is 118 Å². The van der Waals surface area contributed by atoms with Gasteiger partial charge in [0.1, 0.15) is 6.04 Å². The summed E-state index contributed by atoms with van der Waals surface area (Å²) in [6, 6.07) is -0.765. The van der Waals surface area contributed by atoms with Crippen LogP contribution in [-0.2, 0) is 14.8 Å². The molecule has 0 aromatic carbocycles. The summed E-state index contributed by atoms with van der Waals surface area (Å²) in [4.78, 5) is 11.8. The summed E-state index contributed by atoms with van der Waals surface area (Å²) >= 11 is 7.09. The fourth-order valence-corrected chi connectivity index (χ4v) is 2.45. The molecule has 0 spiro atoms. The fourth-order valence-electron chi connectivity index (χ4n) is 1.09. The summed E-state index contributed by atoms with van der Waals surface area (Å²) in [5.41, 5.74) is 0. The third-order valence-electron chi connectivity index (χ3n) is 2.08. The van der Waals surface area contributed by atoms with Crippen molar-refractivity contribution in [3.63, 3.8) is 0 Å². The van der Waals surface area contributed by atoms with E-state index >= 15 is 0 Å². The highest BCUT2D eigenvalue weighted by atomic mass is 35.5. The molecule has 0 saturated heterocycles. The Kier molecular flexibility index (Phi) is 8.67. The van der Waals surface area contributed by atoms with Gasteiger partial charge in [0, 0.05) is 5.03 Å². The summed E-state index contributed by atoms with van der Waals surface area (Å²) in [7, 11) is -3.41. The van der Waals surface area contributed by atoms with Gasteiger partial charge in [0.05, 0.1) is 12.3 Å². The maximum Gasteiger partial charge on any atom is 0.238 e. The van der Waals surface area contributed by atoms with Gasteiger partial charge in [0.15, 0.2) is 0 Å². The van der Waals surface area contributed by atoms with E-state index in [0.717, 1.165) is 0 Å². The van der Waals surface area contributed by atoms with Gasteiger partial charge in [-0.05, 0) is 25.4 Å². The Hall–Kier alpha value is -0.240. The second-order valence-electron chi connectivity index (χ2n) is 3.59. The number of carbonyl (C=O) groups is 1. The van der Waals surface area contributed by atoms with Crippen LogP contribution in [0.4, 0.5) is 0 Å². The lowest BCUT2D eigenvalue weighted by molar-refractivity contribution is -0.122. The first-order chi connectivity index (χ1) is 8.32. The summed E-state index contributed by atoms with van der Waals surface area (Å²) in [5.74, 6) is 0.243. The van der Waals surface area contributed by atoms with Gasteiger partial charge < -0.3 is 5.32 Å². The van der Waals surface area contributed by atoms with E-state index in [1.165, 1.54) is 6.92 Å². The second-order valence-corrected chi connectivity index (χ2v) is 7.15. The van der Waals surface area contributed by atoms with Gasteiger partial charge in [-0.25, -0.2) is 13.1 Å². The van der Waals surface area contributed by atoms with Gasteiger partial charge in [-0.1, -0.05) is 18.2 Å². The lowest BCUT2D eigenvalue weighted by atomic mass is 10.2. The Morgan fingerprint density at radius 1 is 1.50 bits per heavy atom. The van der Waals surface area contributed by atoms with E-state index in [4.69, 9.17) is 11.6 Å². The van der Waals surface area contributed by atoms with E-state index in [1.54, 1.807) is 11.8 Å². The Morgan fingerprint density at radius 2 is 2.11 bits per heavy atom. The lowest BCUT2D eigenvalue weighted by Gasteiger charge is -2.17. The van der Waals surface area contributed by atoms with Crippen molar-refractivity contribution in [2.45, 2.75) is 19.4 Å². The number of sulfonamides is 1. The van der Waals surface area contributed by atoms with E-state index in [9.17, 15) is 13.2 Å². The molecular formula is C10H19ClN2O3S2. The molecule has 0 aromatic rings. The van der Waals surface area contributed by atoms with Crippen LogP contribution >= 0.6 is 23.4 Å². The molecule has 0 fully saturated rings. The zero-order chi connectivity index (χ0) is 14.2. The first kappa shape index (κ1) is 17.8. The highest BCUT2D eigenvalue weighted by molar-refractivity contribution is 7.98. The number of hydrogen-bond donors (Lipinski definition) is 2. The first-order valence-electron chi connectivity index (χ1n) is 5.42. The summed E-state index contributed by atoms with van der Waals surface area (Å²) < 4.78 is 25.3. The maximum atomic E-state index is 11.8. The molecule has 0 bridgehead atoms. The minimum Gasteiger partial charge on any atom is -0.350 e. The summed E-state index contributed by atoms with van der Waals surface area (Å²) in [6.45, 7) is 5.10. The van der Waals surface area contributed by atoms with E-state index in [2.05, 4.69) is 16.6 Å². The van der Waals surface area contributed by atoms with Gasteiger partial charge in [-0.3, -0.25) is 4.79 Å². The Morgan fingerprint density at radius 3 is 2.56 bits per heavy atom. The van der Waals surface area contributed by atoms with Crippen molar-refractivity contribution in [1.29, 1.82) is 0 Å². The van der Waals surface area contributed by atoms with Crippen LogP contribution in [0.2, 0.25) is 0 Å². The largest absolute Gasteiger partial charge is 0.350 e. The van der Waals surface area contributed by atoms with Gasteiger partial charge in [-0.2, -0.15) is 11.8 Å². The summed E-state index contributed by atoms with van der Waals surface area (Å²) in [5, 5.41) is 2.83. The van der Waals surface area contributed by atoms with Crippen molar-refractivity contribution in [2.24, 2.45) is 0 Å². The van der Waals surface area contributed by atoms with E-state index in [1.807, 2.05) is 6.26 Å². The van der Waals surface area contributed by atoms with Crippen molar-refractivity contribution in [3.05, 3.63) is 11.6 Å². The topological polar surface area (TPSA) is 75.3 Å². The zero-order valence-electron chi connectivity index (χ0n) is 10.5. The molecule has 0 heterocycles. The maximum absolute atomic E-state index is 11.8. The average Bonchev–Trinajstić information content (AvgIpc) is 2.31. The molecule has 0 radical (unpaired) electrons. The molecule has 5 nitrogen and oxygen atoms in total. The highest BCUT2D eigenvalue weighted by Crippen LogP contribution is 2.03. The van der Waals surface area contributed by atoms with Gasteiger partial charge >= 0.3 is 0 Å². The molecule has 18 heavy (non-hydrogen) atoms. The van der Waals surface area contributed by atoms with Crippen molar-refractivity contribution < 1.29 is 13.2 Å². The molecule has 0 rings (SSSR count). The van der Waals surface area contributed by atoms with E-state index < -0.39 is 16.1 Å². The van der Waals surface area contributed by atoms with Crippen LogP contribution in [0, 0.1) is 0 Å². The molecule has 0 aromatic heterocycles. The number of nitrogens with one attached hydrogen (secondary N) is 2.